The van der Waals surface area contributed by atoms with Gasteiger partial charge in [0.25, 0.3) is 0 Å². The first-order chi connectivity index (χ1) is 6.14. The summed E-state index contributed by atoms with van der Waals surface area (Å²) in [5, 5.41) is 3.17. The van der Waals surface area contributed by atoms with Crippen molar-refractivity contribution >= 4 is 0 Å². The molecule has 0 fully saturated rings. The van der Waals surface area contributed by atoms with Crippen LogP contribution in [0.2, 0.25) is 0 Å². The number of rotatable bonds is 4. The topological polar surface area (TPSA) is 12.0 Å². The van der Waals surface area contributed by atoms with E-state index in [1.807, 2.05) is 7.05 Å². The summed E-state index contributed by atoms with van der Waals surface area (Å²) in [7, 11) is 2.01. The molecule has 1 rings (SSSR count). The second-order valence-corrected chi connectivity index (χ2v) is 4.51. The Hall–Kier alpha value is -0.560. The maximum Gasteiger partial charge on any atom is -0.00488 e. The van der Waals surface area contributed by atoms with Gasteiger partial charge in [0.2, 0.25) is 0 Å². The molecule has 0 bridgehead atoms. The van der Waals surface area contributed by atoms with E-state index in [1.54, 1.807) is 0 Å². The monoisotopic (exact) mass is 179 g/mol. The smallest absolute Gasteiger partial charge is 0.00488 e. The third kappa shape index (κ3) is 3.77. The van der Waals surface area contributed by atoms with Crippen molar-refractivity contribution in [2.75, 3.05) is 13.6 Å². The molecule has 13 heavy (non-hydrogen) atoms. The van der Waals surface area contributed by atoms with Gasteiger partial charge in [-0.15, -0.1) is 0 Å². The molecule has 1 aliphatic rings. The standard InChI is InChI=1S/C12H21N/c1-12(2)8-6-11(7-9-12)5-4-10-13-3/h6-8,13H,4-5,9-10H2,1-3H3. The van der Waals surface area contributed by atoms with Crippen molar-refractivity contribution in [1.82, 2.24) is 5.32 Å². The van der Waals surface area contributed by atoms with E-state index in [0.29, 0.717) is 5.41 Å². The molecule has 1 heteroatoms. The first-order valence-corrected chi connectivity index (χ1v) is 5.17. The molecule has 0 aliphatic heterocycles. The molecule has 1 N–H and O–H groups in total. The van der Waals surface area contributed by atoms with Crippen LogP contribution in [0.15, 0.2) is 23.8 Å². The van der Waals surface area contributed by atoms with E-state index in [4.69, 9.17) is 0 Å². The van der Waals surface area contributed by atoms with E-state index in [1.165, 1.54) is 24.8 Å². The first kappa shape index (κ1) is 10.5. The Morgan fingerprint density at radius 2 is 2.23 bits per heavy atom. The highest BCUT2D eigenvalue weighted by atomic mass is 14.8. The van der Waals surface area contributed by atoms with Gasteiger partial charge in [0.05, 0.1) is 0 Å². The Morgan fingerprint density at radius 3 is 2.77 bits per heavy atom. The van der Waals surface area contributed by atoms with Gasteiger partial charge in [-0.3, -0.25) is 0 Å². The van der Waals surface area contributed by atoms with Gasteiger partial charge in [0.15, 0.2) is 0 Å². The van der Waals surface area contributed by atoms with Crippen molar-refractivity contribution in [3.8, 4) is 0 Å². The zero-order valence-electron chi connectivity index (χ0n) is 9.06. The van der Waals surface area contributed by atoms with Gasteiger partial charge in [0.1, 0.15) is 0 Å². The highest BCUT2D eigenvalue weighted by molar-refractivity contribution is 5.25. The molecule has 0 unspecified atom stereocenters. The first-order valence-electron chi connectivity index (χ1n) is 5.17. The normalized spacial score (nSPS) is 20.1. The van der Waals surface area contributed by atoms with Gasteiger partial charge in [-0.25, -0.2) is 0 Å². The van der Waals surface area contributed by atoms with Crippen LogP contribution in [0.4, 0.5) is 0 Å². The van der Waals surface area contributed by atoms with Crippen LogP contribution in [0.25, 0.3) is 0 Å². The summed E-state index contributed by atoms with van der Waals surface area (Å²) >= 11 is 0. The van der Waals surface area contributed by atoms with Crippen LogP contribution >= 0.6 is 0 Å². The summed E-state index contributed by atoms with van der Waals surface area (Å²) in [5.41, 5.74) is 1.89. The summed E-state index contributed by atoms with van der Waals surface area (Å²) in [5.74, 6) is 0. The van der Waals surface area contributed by atoms with Crippen LogP contribution in [0.1, 0.15) is 33.1 Å². The predicted molar refractivity (Wildman–Crippen MR) is 58.8 cm³/mol. The lowest BCUT2D eigenvalue weighted by Gasteiger charge is -2.22. The molecular formula is C12H21N. The zero-order valence-corrected chi connectivity index (χ0v) is 9.06. The van der Waals surface area contributed by atoms with Crippen LogP contribution in [0.5, 0.6) is 0 Å². The third-order valence-electron chi connectivity index (χ3n) is 2.53. The van der Waals surface area contributed by atoms with E-state index in [2.05, 4.69) is 37.4 Å². The molecule has 1 aliphatic carbocycles. The molecule has 1 nitrogen and oxygen atoms in total. The Kier molecular flexibility index (Phi) is 3.73. The van der Waals surface area contributed by atoms with Crippen molar-refractivity contribution in [2.24, 2.45) is 5.41 Å². The molecule has 0 atom stereocenters. The maximum absolute atomic E-state index is 3.17. The van der Waals surface area contributed by atoms with E-state index < -0.39 is 0 Å². The molecule has 0 radical (unpaired) electrons. The van der Waals surface area contributed by atoms with Crippen molar-refractivity contribution in [2.45, 2.75) is 33.1 Å². The van der Waals surface area contributed by atoms with Gasteiger partial charge in [-0.2, -0.15) is 0 Å². The summed E-state index contributed by atoms with van der Waals surface area (Å²) in [6, 6.07) is 0. The molecule has 0 amide bonds. The van der Waals surface area contributed by atoms with Gasteiger partial charge in [0, 0.05) is 0 Å². The fourth-order valence-corrected chi connectivity index (χ4v) is 1.52. The Bertz CT molecular complexity index is 211. The number of nitrogens with one attached hydrogen (secondary N) is 1. The van der Waals surface area contributed by atoms with Gasteiger partial charge < -0.3 is 5.32 Å². The Balaban J connectivity index is 2.31. The largest absolute Gasteiger partial charge is 0.320 e. The highest BCUT2D eigenvalue weighted by Crippen LogP contribution is 2.29. The number of allylic oxidation sites excluding steroid dienone is 4. The average molecular weight is 179 g/mol. The van der Waals surface area contributed by atoms with Crippen LogP contribution < -0.4 is 5.32 Å². The molecule has 74 valence electrons. The van der Waals surface area contributed by atoms with E-state index in [-0.39, 0.29) is 0 Å². The van der Waals surface area contributed by atoms with Gasteiger partial charge >= 0.3 is 0 Å². The number of hydrogen-bond donors (Lipinski definition) is 1. The van der Waals surface area contributed by atoms with Crippen LogP contribution in [-0.2, 0) is 0 Å². The summed E-state index contributed by atoms with van der Waals surface area (Å²) in [6.45, 7) is 5.68. The summed E-state index contributed by atoms with van der Waals surface area (Å²) in [4.78, 5) is 0. The number of hydrogen-bond acceptors (Lipinski definition) is 1. The minimum absolute atomic E-state index is 0.381. The fraction of sp³-hybridized carbons (Fsp3) is 0.667. The lowest BCUT2D eigenvalue weighted by molar-refractivity contribution is 0.480. The maximum atomic E-state index is 3.17. The summed E-state index contributed by atoms with van der Waals surface area (Å²) < 4.78 is 0. The fourth-order valence-electron chi connectivity index (χ4n) is 1.52. The van der Waals surface area contributed by atoms with Crippen molar-refractivity contribution < 1.29 is 0 Å². The Morgan fingerprint density at radius 1 is 1.46 bits per heavy atom. The molecule has 0 heterocycles. The van der Waals surface area contributed by atoms with Crippen molar-refractivity contribution in [3.63, 3.8) is 0 Å². The second kappa shape index (κ2) is 4.61. The van der Waals surface area contributed by atoms with E-state index >= 15 is 0 Å². The molecule has 0 aromatic heterocycles. The minimum Gasteiger partial charge on any atom is -0.320 e. The zero-order chi connectivity index (χ0) is 9.73. The van der Waals surface area contributed by atoms with Gasteiger partial charge in [-0.1, -0.05) is 37.6 Å². The molecular weight excluding hydrogens is 158 g/mol. The van der Waals surface area contributed by atoms with Crippen LogP contribution in [0, 0.1) is 5.41 Å². The van der Waals surface area contributed by atoms with Crippen LogP contribution in [-0.4, -0.2) is 13.6 Å². The predicted octanol–water partition coefficient (Wildman–Crippen LogP) is 2.90. The lowest BCUT2D eigenvalue weighted by Crippen LogP contribution is -2.10. The lowest BCUT2D eigenvalue weighted by atomic mass is 9.83. The highest BCUT2D eigenvalue weighted by Gasteiger charge is 2.15. The quantitative estimate of drug-likeness (QED) is 0.654. The second-order valence-electron chi connectivity index (χ2n) is 4.51. The Labute approximate surface area is 81.9 Å². The van der Waals surface area contributed by atoms with E-state index in [9.17, 15) is 0 Å². The SMILES string of the molecule is CNCCCC1=CCC(C)(C)C=C1. The average Bonchev–Trinajstić information content (AvgIpc) is 2.08. The molecule has 0 saturated heterocycles. The molecule has 0 aromatic rings. The molecule has 0 spiro atoms. The summed E-state index contributed by atoms with van der Waals surface area (Å²) in [6.07, 6.45) is 10.7. The minimum atomic E-state index is 0.381. The van der Waals surface area contributed by atoms with Crippen molar-refractivity contribution in [3.05, 3.63) is 23.8 Å². The molecule has 0 saturated carbocycles. The molecule has 0 aromatic carbocycles. The van der Waals surface area contributed by atoms with Gasteiger partial charge in [-0.05, 0) is 38.3 Å². The van der Waals surface area contributed by atoms with E-state index in [0.717, 1.165) is 6.54 Å². The van der Waals surface area contributed by atoms with Crippen molar-refractivity contribution in [1.29, 1.82) is 0 Å². The van der Waals surface area contributed by atoms with Crippen LogP contribution in [0.3, 0.4) is 0 Å². The third-order valence-corrected chi connectivity index (χ3v) is 2.53.